The third-order valence-electron chi connectivity index (χ3n) is 2.50. The van der Waals surface area contributed by atoms with Gasteiger partial charge in [-0.2, -0.15) is 0 Å². The molecule has 0 radical (unpaired) electrons. The van der Waals surface area contributed by atoms with E-state index < -0.39 is 0 Å². The SMILES string of the molecule is CCCNc1nc(CSc2cccc(Br)c2)ncc1Br. The highest BCUT2D eigenvalue weighted by atomic mass is 79.9. The van der Waals surface area contributed by atoms with Crippen LogP contribution < -0.4 is 5.32 Å². The van der Waals surface area contributed by atoms with Gasteiger partial charge in [0, 0.05) is 22.1 Å². The highest BCUT2D eigenvalue weighted by Crippen LogP contribution is 2.26. The summed E-state index contributed by atoms with van der Waals surface area (Å²) in [6.45, 7) is 3.04. The summed E-state index contributed by atoms with van der Waals surface area (Å²) < 4.78 is 1.99. The number of anilines is 1. The molecule has 0 amide bonds. The molecule has 0 aliphatic heterocycles. The number of thioether (sulfide) groups is 1. The number of rotatable bonds is 6. The predicted octanol–water partition coefficient (Wildman–Crippen LogP) is 5.12. The molecule has 0 atom stereocenters. The number of nitrogens with zero attached hydrogens (tertiary/aromatic N) is 2. The van der Waals surface area contributed by atoms with Gasteiger partial charge in [-0.05, 0) is 40.5 Å². The zero-order chi connectivity index (χ0) is 14.4. The van der Waals surface area contributed by atoms with Gasteiger partial charge < -0.3 is 5.32 Å². The van der Waals surface area contributed by atoms with Crippen molar-refractivity contribution in [1.29, 1.82) is 0 Å². The summed E-state index contributed by atoms with van der Waals surface area (Å²) in [6, 6.07) is 8.24. The summed E-state index contributed by atoms with van der Waals surface area (Å²) in [4.78, 5) is 10.1. The molecule has 0 aliphatic carbocycles. The Balaban J connectivity index is 2.02. The fourth-order valence-corrected chi connectivity index (χ4v) is 3.25. The van der Waals surface area contributed by atoms with Gasteiger partial charge in [0.15, 0.2) is 0 Å². The van der Waals surface area contributed by atoms with E-state index >= 15 is 0 Å². The highest BCUT2D eigenvalue weighted by molar-refractivity contribution is 9.10. The van der Waals surface area contributed by atoms with E-state index in [2.05, 4.69) is 66.2 Å². The van der Waals surface area contributed by atoms with Gasteiger partial charge in [0.05, 0.1) is 10.2 Å². The molecule has 20 heavy (non-hydrogen) atoms. The Hall–Kier alpha value is -0.590. The average molecular weight is 417 g/mol. The fraction of sp³-hybridized carbons (Fsp3) is 0.286. The lowest BCUT2D eigenvalue weighted by molar-refractivity contribution is 0.946. The van der Waals surface area contributed by atoms with Gasteiger partial charge in [-0.1, -0.05) is 28.9 Å². The molecule has 0 aliphatic rings. The number of hydrogen-bond donors (Lipinski definition) is 1. The van der Waals surface area contributed by atoms with Gasteiger partial charge in [-0.3, -0.25) is 0 Å². The normalized spacial score (nSPS) is 10.6. The summed E-state index contributed by atoms with van der Waals surface area (Å²) in [6.07, 6.45) is 2.88. The highest BCUT2D eigenvalue weighted by Gasteiger charge is 2.05. The summed E-state index contributed by atoms with van der Waals surface area (Å²) >= 11 is 8.67. The van der Waals surface area contributed by atoms with Gasteiger partial charge in [0.25, 0.3) is 0 Å². The molecule has 0 spiro atoms. The monoisotopic (exact) mass is 415 g/mol. The van der Waals surface area contributed by atoms with Crippen LogP contribution in [0.2, 0.25) is 0 Å². The number of nitrogens with one attached hydrogen (secondary N) is 1. The van der Waals surface area contributed by atoms with Crippen LogP contribution in [0.4, 0.5) is 5.82 Å². The lowest BCUT2D eigenvalue weighted by atomic mass is 10.4. The molecule has 6 heteroatoms. The van der Waals surface area contributed by atoms with Gasteiger partial charge >= 0.3 is 0 Å². The Morgan fingerprint density at radius 3 is 2.90 bits per heavy atom. The van der Waals surface area contributed by atoms with Crippen LogP contribution in [0.25, 0.3) is 0 Å². The smallest absolute Gasteiger partial charge is 0.144 e. The average Bonchev–Trinajstić information content (AvgIpc) is 2.45. The predicted molar refractivity (Wildman–Crippen MR) is 92.2 cm³/mol. The van der Waals surface area contributed by atoms with Crippen molar-refractivity contribution in [2.45, 2.75) is 24.0 Å². The maximum Gasteiger partial charge on any atom is 0.144 e. The van der Waals surface area contributed by atoms with Crippen LogP contribution in [0.15, 0.2) is 44.3 Å². The molecule has 0 bridgehead atoms. The van der Waals surface area contributed by atoms with Crippen LogP contribution in [0.5, 0.6) is 0 Å². The standard InChI is InChI=1S/C14H15Br2N3S/c1-2-6-17-14-12(16)8-18-13(19-14)9-20-11-5-3-4-10(15)7-11/h3-5,7-8H,2,6,9H2,1H3,(H,17,18,19). The minimum atomic E-state index is 0.755. The maximum atomic E-state index is 4.55. The molecular formula is C14H15Br2N3S. The van der Waals surface area contributed by atoms with Gasteiger partial charge in [-0.25, -0.2) is 9.97 Å². The maximum absolute atomic E-state index is 4.55. The molecule has 2 rings (SSSR count). The molecule has 0 unspecified atom stereocenters. The van der Waals surface area contributed by atoms with Crippen molar-refractivity contribution in [3.63, 3.8) is 0 Å². The first-order valence-corrected chi connectivity index (χ1v) is 8.90. The Labute approximate surface area is 140 Å². The van der Waals surface area contributed by atoms with Crippen LogP contribution in [0, 0.1) is 0 Å². The second kappa shape index (κ2) is 8.00. The van der Waals surface area contributed by atoms with E-state index in [9.17, 15) is 0 Å². The molecule has 0 fully saturated rings. The Bertz CT molecular complexity index is 578. The molecule has 2 aromatic rings. The first-order chi connectivity index (χ1) is 9.69. The number of halogens is 2. The van der Waals surface area contributed by atoms with E-state index in [1.165, 1.54) is 4.90 Å². The second-order valence-corrected chi connectivity index (χ2v) is 6.97. The van der Waals surface area contributed by atoms with Crippen LogP contribution in [-0.4, -0.2) is 16.5 Å². The third kappa shape index (κ3) is 4.75. The minimum Gasteiger partial charge on any atom is -0.369 e. The number of hydrogen-bond acceptors (Lipinski definition) is 4. The molecule has 0 saturated heterocycles. The van der Waals surface area contributed by atoms with E-state index in [1.54, 1.807) is 11.8 Å². The van der Waals surface area contributed by atoms with E-state index in [4.69, 9.17) is 0 Å². The lowest BCUT2D eigenvalue weighted by Crippen LogP contribution is -2.05. The Morgan fingerprint density at radius 1 is 1.30 bits per heavy atom. The van der Waals surface area contributed by atoms with Crippen molar-refractivity contribution in [3.05, 3.63) is 45.2 Å². The van der Waals surface area contributed by atoms with Crippen molar-refractivity contribution < 1.29 is 0 Å². The van der Waals surface area contributed by atoms with E-state index in [-0.39, 0.29) is 0 Å². The molecular weight excluding hydrogens is 402 g/mol. The van der Waals surface area contributed by atoms with E-state index in [0.717, 1.165) is 39.3 Å². The molecule has 0 saturated carbocycles. The first-order valence-electron chi connectivity index (χ1n) is 6.32. The van der Waals surface area contributed by atoms with Gasteiger partial charge in [0.1, 0.15) is 11.6 Å². The summed E-state index contributed by atoms with van der Waals surface area (Å²) in [5, 5.41) is 3.30. The zero-order valence-corrected chi connectivity index (χ0v) is 15.1. The van der Waals surface area contributed by atoms with Crippen LogP contribution in [0.1, 0.15) is 19.2 Å². The molecule has 1 N–H and O–H groups in total. The van der Waals surface area contributed by atoms with Gasteiger partial charge in [-0.15, -0.1) is 11.8 Å². The van der Waals surface area contributed by atoms with Crippen LogP contribution in [0.3, 0.4) is 0 Å². The van der Waals surface area contributed by atoms with Crippen molar-refractivity contribution in [2.75, 3.05) is 11.9 Å². The number of benzene rings is 1. The Morgan fingerprint density at radius 2 is 2.15 bits per heavy atom. The minimum absolute atomic E-state index is 0.755. The zero-order valence-electron chi connectivity index (χ0n) is 11.1. The molecule has 3 nitrogen and oxygen atoms in total. The van der Waals surface area contributed by atoms with Crippen molar-refractivity contribution in [1.82, 2.24) is 9.97 Å². The fourth-order valence-electron chi connectivity index (χ4n) is 1.55. The topological polar surface area (TPSA) is 37.8 Å². The summed E-state index contributed by atoms with van der Waals surface area (Å²) in [5.74, 6) is 2.45. The Kier molecular flexibility index (Phi) is 6.32. The van der Waals surface area contributed by atoms with E-state index in [1.807, 2.05) is 18.3 Å². The van der Waals surface area contributed by atoms with E-state index in [0.29, 0.717) is 0 Å². The summed E-state index contributed by atoms with van der Waals surface area (Å²) in [7, 11) is 0. The lowest BCUT2D eigenvalue weighted by Gasteiger charge is -2.08. The molecule has 1 heterocycles. The largest absolute Gasteiger partial charge is 0.369 e. The van der Waals surface area contributed by atoms with Crippen molar-refractivity contribution >= 4 is 49.4 Å². The molecule has 1 aromatic carbocycles. The quantitative estimate of drug-likeness (QED) is 0.663. The van der Waals surface area contributed by atoms with Crippen molar-refractivity contribution in [3.8, 4) is 0 Å². The summed E-state index contributed by atoms with van der Waals surface area (Å²) in [5.41, 5.74) is 0. The van der Waals surface area contributed by atoms with Gasteiger partial charge in [0.2, 0.25) is 0 Å². The molecule has 1 aromatic heterocycles. The first kappa shape index (κ1) is 15.8. The van der Waals surface area contributed by atoms with Crippen LogP contribution >= 0.6 is 43.6 Å². The number of aromatic nitrogens is 2. The molecule has 106 valence electrons. The van der Waals surface area contributed by atoms with Crippen LogP contribution in [-0.2, 0) is 5.75 Å². The second-order valence-electron chi connectivity index (χ2n) is 4.16. The van der Waals surface area contributed by atoms with Crippen molar-refractivity contribution in [2.24, 2.45) is 0 Å². The third-order valence-corrected chi connectivity index (χ3v) is 4.56.